The maximum Gasteiger partial charge on any atom is 0.162 e. The Labute approximate surface area is 300 Å². The van der Waals surface area contributed by atoms with Crippen LogP contribution in [0.3, 0.4) is 0 Å². The van der Waals surface area contributed by atoms with Crippen LogP contribution >= 0.6 is 0 Å². The summed E-state index contributed by atoms with van der Waals surface area (Å²) < 4.78 is 6.29. The molecule has 2 heterocycles. The van der Waals surface area contributed by atoms with Gasteiger partial charge >= 0.3 is 0 Å². The summed E-state index contributed by atoms with van der Waals surface area (Å²) in [5.41, 5.74) is 3.82. The fourth-order valence-electron chi connectivity index (χ4n) is 13.5. The van der Waals surface area contributed by atoms with E-state index in [4.69, 9.17) is 10.5 Å². The molecule has 0 bridgehead atoms. The van der Waals surface area contributed by atoms with Crippen molar-refractivity contribution in [3.05, 3.63) is 11.1 Å². The fourth-order valence-corrected chi connectivity index (χ4v) is 13.5. The molecule has 5 aliphatic carbocycles. The number of fused-ring (bicyclic) bond motifs is 2. The largest absolute Gasteiger partial charge is 0.390 e. The van der Waals surface area contributed by atoms with Gasteiger partial charge in [0.2, 0.25) is 0 Å². The number of quaternary nitrogens is 1. The molecule has 16 unspecified atom stereocenters. The number of Topliss-reactive ketones (excluding diaryl/α,β-unsaturated/α-hetero) is 1. The Bertz CT molecular complexity index is 1300. The second-order valence-corrected chi connectivity index (χ2v) is 19.0. The minimum absolute atomic E-state index is 0.0571. The molecule has 2 saturated heterocycles. The normalized spacial score (nSPS) is 49.0. The van der Waals surface area contributed by atoms with E-state index in [1.54, 1.807) is 6.92 Å². The van der Waals surface area contributed by atoms with Crippen LogP contribution < -0.4 is 11.1 Å². The second-order valence-electron chi connectivity index (χ2n) is 19.0. The number of piperidine rings is 1. The van der Waals surface area contributed by atoms with E-state index >= 15 is 0 Å². The molecule has 0 aromatic rings. The molecule has 7 rings (SSSR count). The zero-order valence-electron chi connectivity index (χ0n) is 31.4. The minimum Gasteiger partial charge on any atom is -0.390 e. The van der Waals surface area contributed by atoms with Crippen molar-refractivity contribution in [2.75, 3.05) is 13.2 Å². The summed E-state index contributed by atoms with van der Waals surface area (Å²) in [6.45, 7) is 9.84. The molecule has 7 aliphatic rings. The Morgan fingerprint density at radius 3 is 2.56 bits per heavy atom. The number of unbranched alkanes of at least 4 members (excludes halogenated alkanes) is 3. The maximum absolute atomic E-state index is 14.7. The van der Waals surface area contributed by atoms with Gasteiger partial charge in [0.05, 0.1) is 42.7 Å². The molecule has 0 spiro atoms. The van der Waals surface area contributed by atoms with Crippen LogP contribution in [0.1, 0.15) is 130 Å². The van der Waals surface area contributed by atoms with E-state index in [1.807, 2.05) is 0 Å². The summed E-state index contributed by atoms with van der Waals surface area (Å²) in [4.78, 5) is 14.7. The number of hydrogen-bond acceptors (Lipinski definition) is 8. The predicted molar refractivity (Wildman–Crippen MR) is 190 cm³/mol. The maximum atomic E-state index is 14.7. The number of carbonyl (C=O) groups is 1. The summed E-state index contributed by atoms with van der Waals surface area (Å²) in [6.07, 6.45) is 10.3. The molecular formula is C41H69N2O7+. The van der Waals surface area contributed by atoms with Gasteiger partial charge in [0.25, 0.3) is 0 Å². The minimum atomic E-state index is -1.49. The van der Waals surface area contributed by atoms with Crippen LogP contribution in [0.15, 0.2) is 11.1 Å². The third kappa shape index (κ3) is 5.65. The highest BCUT2D eigenvalue weighted by Gasteiger charge is 2.74. The van der Waals surface area contributed by atoms with Crippen LogP contribution in [-0.4, -0.2) is 86.3 Å². The molecule has 16 atom stereocenters. The lowest BCUT2D eigenvalue weighted by Crippen LogP contribution is -2.95. The van der Waals surface area contributed by atoms with Gasteiger partial charge in [-0.25, -0.2) is 0 Å². The van der Waals surface area contributed by atoms with Crippen LogP contribution in [0.5, 0.6) is 0 Å². The van der Waals surface area contributed by atoms with Crippen LogP contribution in [0.2, 0.25) is 0 Å². The van der Waals surface area contributed by atoms with Crippen molar-refractivity contribution in [3.8, 4) is 0 Å². The molecule has 9 N–H and O–H groups in total. The number of ketones is 1. The van der Waals surface area contributed by atoms with Gasteiger partial charge in [-0.15, -0.1) is 0 Å². The first-order valence-electron chi connectivity index (χ1n) is 20.7. The Balaban J connectivity index is 1.19. The summed E-state index contributed by atoms with van der Waals surface area (Å²) in [5.74, 6) is 0.128. The van der Waals surface area contributed by atoms with E-state index in [0.717, 1.165) is 62.6 Å². The Morgan fingerprint density at radius 2 is 1.84 bits per heavy atom. The van der Waals surface area contributed by atoms with Crippen LogP contribution in [0, 0.1) is 52.3 Å². The van der Waals surface area contributed by atoms with Crippen molar-refractivity contribution >= 4 is 5.78 Å². The molecule has 0 aromatic carbocycles. The highest BCUT2D eigenvalue weighted by Crippen LogP contribution is 2.74. The standard InChI is InChI=1S/C41H68N2O7/c1-5-6-7-8-9-25-22-50-36(23(25)2)37(47)39(4,48)32-18-26-11-12-27-34-28(15-16-38(32,3)41(26,34)49)40(17-14-24-10-13-33(42)43-21-24)20-31(45)30(44)19-29(40)35(27)46/h23-26,28-33,36-37,43-45,47-49H,5-22,42H2,1-4H3/p+1. The van der Waals surface area contributed by atoms with E-state index in [2.05, 4.69) is 26.1 Å². The number of aliphatic hydroxyl groups is 5. The van der Waals surface area contributed by atoms with Crippen molar-refractivity contribution in [2.24, 2.45) is 58.0 Å². The number of ether oxygens (including phenoxy) is 1. The highest BCUT2D eigenvalue weighted by atomic mass is 16.5. The Kier molecular flexibility index (Phi) is 10.3. The summed E-state index contributed by atoms with van der Waals surface area (Å²) in [6, 6.07) is 0. The summed E-state index contributed by atoms with van der Waals surface area (Å²) in [5, 5.41) is 62.4. The van der Waals surface area contributed by atoms with Crippen molar-refractivity contribution in [3.63, 3.8) is 0 Å². The molecule has 0 radical (unpaired) electrons. The molecule has 2 aliphatic heterocycles. The van der Waals surface area contributed by atoms with Gasteiger partial charge in [0.1, 0.15) is 12.3 Å². The SMILES string of the molecule is CCCCCCC1COC(C(O)C(C)(O)C2CC3CCC4=C5C(CCC2(C)C53O)C2(CCC3CCC(N)[NH2+]C3)CC(O)C(O)CC2C4=O)C1C. The van der Waals surface area contributed by atoms with Gasteiger partial charge in [-0.2, -0.15) is 0 Å². The van der Waals surface area contributed by atoms with Crippen LogP contribution in [0.25, 0.3) is 0 Å². The van der Waals surface area contributed by atoms with E-state index in [1.165, 1.54) is 19.3 Å². The first kappa shape index (κ1) is 37.4. The third-order valence-corrected chi connectivity index (χ3v) is 16.5. The second kappa shape index (κ2) is 13.7. The molecule has 0 amide bonds. The van der Waals surface area contributed by atoms with Gasteiger partial charge in [-0.05, 0) is 124 Å². The number of nitrogens with two attached hydrogens (primary N) is 2. The zero-order chi connectivity index (χ0) is 35.8. The van der Waals surface area contributed by atoms with Gasteiger partial charge in [0.15, 0.2) is 5.78 Å². The van der Waals surface area contributed by atoms with Crippen molar-refractivity contribution in [1.82, 2.24) is 0 Å². The molecular weight excluding hydrogens is 632 g/mol. The van der Waals surface area contributed by atoms with Crippen molar-refractivity contribution < 1.29 is 40.4 Å². The lowest BCUT2D eigenvalue weighted by atomic mass is 9.41. The van der Waals surface area contributed by atoms with E-state index < -0.39 is 46.4 Å². The van der Waals surface area contributed by atoms with E-state index in [-0.39, 0.29) is 48.0 Å². The number of carbonyl (C=O) groups excluding carboxylic acids is 1. The van der Waals surface area contributed by atoms with Crippen molar-refractivity contribution in [1.29, 1.82) is 0 Å². The number of rotatable bonds is 11. The first-order chi connectivity index (χ1) is 23.7. The molecule has 5 fully saturated rings. The number of aliphatic hydroxyl groups excluding tert-OH is 3. The van der Waals surface area contributed by atoms with E-state index in [9.17, 15) is 30.3 Å². The molecule has 284 valence electrons. The lowest BCUT2D eigenvalue weighted by molar-refractivity contribution is -0.703. The predicted octanol–water partition coefficient (Wildman–Crippen LogP) is 3.33. The van der Waals surface area contributed by atoms with E-state index in [0.29, 0.717) is 50.5 Å². The smallest absolute Gasteiger partial charge is 0.162 e. The molecule has 9 nitrogen and oxygen atoms in total. The average molecular weight is 702 g/mol. The molecule has 0 aromatic heterocycles. The summed E-state index contributed by atoms with van der Waals surface area (Å²) in [7, 11) is 0. The van der Waals surface area contributed by atoms with Crippen molar-refractivity contribution in [2.45, 2.75) is 172 Å². The molecule has 9 heteroatoms. The number of allylic oxidation sites excluding steroid dienone is 1. The van der Waals surface area contributed by atoms with Crippen LogP contribution in [0.4, 0.5) is 0 Å². The monoisotopic (exact) mass is 702 g/mol. The first-order valence-corrected chi connectivity index (χ1v) is 20.7. The zero-order valence-corrected chi connectivity index (χ0v) is 31.4. The molecule has 50 heavy (non-hydrogen) atoms. The van der Waals surface area contributed by atoms with Gasteiger partial charge in [-0.1, -0.05) is 46.5 Å². The lowest BCUT2D eigenvalue weighted by Gasteiger charge is -2.64. The number of hydrogen-bond donors (Lipinski definition) is 7. The third-order valence-electron chi connectivity index (χ3n) is 16.5. The van der Waals surface area contributed by atoms with Gasteiger partial charge in [-0.3, -0.25) is 10.5 Å². The highest BCUT2D eigenvalue weighted by molar-refractivity contribution is 6.00. The quantitative estimate of drug-likeness (QED) is 0.161. The molecule has 3 saturated carbocycles. The topological polar surface area (TPSA) is 170 Å². The van der Waals surface area contributed by atoms with Crippen LogP contribution in [-0.2, 0) is 9.53 Å². The van der Waals surface area contributed by atoms with Gasteiger partial charge < -0.3 is 35.6 Å². The fraction of sp³-hybridized carbons (Fsp3) is 0.927. The Hall–Kier alpha value is -0.910. The Morgan fingerprint density at radius 1 is 1.06 bits per heavy atom. The average Bonchev–Trinajstić information content (AvgIpc) is 3.57. The summed E-state index contributed by atoms with van der Waals surface area (Å²) >= 11 is 0. The van der Waals surface area contributed by atoms with Gasteiger partial charge in [0, 0.05) is 23.7 Å².